The van der Waals surface area contributed by atoms with E-state index in [2.05, 4.69) is 22.3 Å². The normalized spacial score (nSPS) is 31.4. The minimum absolute atomic E-state index is 0.204. The molecule has 3 aliphatic carbocycles. The fourth-order valence-electron chi connectivity index (χ4n) is 4.26. The molecule has 0 spiro atoms. The number of carboxylic acid groups (broad SMARTS) is 1. The Morgan fingerprint density at radius 2 is 1.76 bits per heavy atom. The Hall–Kier alpha value is -1.10. The largest absolute Gasteiger partial charge is 0.480 e. The van der Waals surface area contributed by atoms with Gasteiger partial charge >= 0.3 is 5.97 Å². The van der Waals surface area contributed by atoms with Gasteiger partial charge < -0.3 is 10.4 Å². The quantitative estimate of drug-likeness (QED) is 0.743. The van der Waals surface area contributed by atoms with Gasteiger partial charge in [-0.25, -0.2) is 0 Å². The molecule has 3 saturated carbocycles. The van der Waals surface area contributed by atoms with Crippen LogP contribution in [0.5, 0.6) is 0 Å². The molecule has 25 heavy (non-hydrogen) atoms. The summed E-state index contributed by atoms with van der Waals surface area (Å²) in [7, 11) is 0. The highest BCUT2D eigenvalue weighted by atomic mass is 35.5. The third-order valence-corrected chi connectivity index (χ3v) is 6.36. The topological polar surface area (TPSA) is 52.6 Å². The number of rotatable bonds is 8. The minimum atomic E-state index is -0.693. The molecule has 2 N–H and O–H groups in total. The highest BCUT2D eigenvalue weighted by Gasteiger charge is 2.39. The van der Waals surface area contributed by atoms with Gasteiger partial charge in [-0.1, -0.05) is 23.7 Å². The first-order valence-electron chi connectivity index (χ1n) is 9.54. The van der Waals surface area contributed by atoms with Gasteiger partial charge in [0.1, 0.15) is 0 Å². The molecule has 0 atom stereocenters. The van der Waals surface area contributed by atoms with Gasteiger partial charge in [0.15, 0.2) is 0 Å². The molecule has 0 aromatic heterocycles. The van der Waals surface area contributed by atoms with E-state index in [1.165, 1.54) is 31.2 Å². The molecule has 0 heterocycles. The fourth-order valence-corrected chi connectivity index (χ4v) is 4.39. The highest BCUT2D eigenvalue weighted by Crippen LogP contribution is 2.39. The molecule has 1 aromatic carbocycles. The van der Waals surface area contributed by atoms with Crippen LogP contribution < -0.4 is 5.32 Å². The van der Waals surface area contributed by atoms with Gasteiger partial charge in [0.05, 0.1) is 6.54 Å². The lowest BCUT2D eigenvalue weighted by Gasteiger charge is -2.47. The maximum atomic E-state index is 11.1. The Kier molecular flexibility index (Phi) is 5.03. The van der Waals surface area contributed by atoms with E-state index >= 15 is 0 Å². The lowest BCUT2D eigenvalue weighted by molar-refractivity contribution is -0.139. The van der Waals surface area contributed by atoms with E-state index in [0.29, 0.717) is 24.0 Å². The summed E-state index contributed by atoms with van der Waals surface area (Å²) in [5.41, 5.74) is 1.39. The third-order valence-electron chi connectivity index (χ3n) is 6.11. The lowest BCUT2D eigenvalue weighted by atomic mass is 9.74. The van der Waals surface area contributed by atoms with E-state index in [4.69, 9.17) is 16.7 Å². The van der Waals surface area contributed by atoms with E-state index in [0.717, 1.165) is 30.3 Å². The van der Waals surface area contributed by atoms with Crippen molar-refractivity contribution in [3.8, 4) is 0 Å². The zero-order valence-electron chi connectivity index (χ0n) is 14.5. The average Bonchev–Trinajstić information content (AvgIpc) is 3.28. The highest BCUT2D eigenvalue weighted by molar-refractivity contribution is 6.30. The van der Waals surface area contributed by atoms with Crippen molar-refractivity contribution in [1.82, 2.24) is 10.2 Å². The second kappa shape index (κ2) is 7.26. The van der Waals surface area contributed by atoms with E-state index in [1.54, 1.807) is 0 Å². The molecule has 0 saturated heterocycles. The van der Waals surface area contributed by atoms with Crippen molar-refractivity contribution in [3.05, 3.63) is 34.9 Å². The fraction of sp³-hybridized carbons (Fsp3) is 0.650. The van der Waals surface area contributed by atoms with Crippen LogP contribution in [0.3, 0.4) is 0 Å². The molecular weight excluding hydrogens is 336 g/mol. The predicted octanol–water partition coefficient (Wildman–Crippen LogP) is 3.50. The molecule has 0 amide bonds. The minimum Gasteiger partial charge on any atom is -0.480 e. The molecular formula is C20H27ClN2O2. The maximum Gasteiger partial charge on any atom is 0.317 e. The molecule has 3 fully saturated rings. The van der Waals surface area contributed by atoms with E-state index in [1.807, 2.05) is 12.1 Å². The molecule has 136 valence electrons. The Morgan fingerprint density at radius 1 is 1.12 bits per heavy atom. The van der Waals surface area contributed by atoms with Crippen LogP contribution >= 0.6 is 11.6 Å². The molecule has 4 nitrogen and oxygen atoms in total. The van der Waals surface area contributed by atoms with Crippen molar-refractivity contribution in [2.75, 3.05) is 13.1 Å². The first-order valence-corrected chi connectivity index (χ1v) is 9.92. The summed E-state index contributed by atoms with van der Waals surface area (Å²) in [6, 6.07) is 9.88. The number of aliphatic carboxylic acids is 1. The van der Waals surface area contributed by atoms with Crippen molar-refractivity contribution in [3.63, 3.8) is 0 Å². The van der Waals surface area contributed by atoms with Crippen molar-refractivity contribution < 1.29 is 9.90 Å². The summed E-state index contributed by atoms with van der Waals surface area (Å²) in [6.45, 7) is 1.18. The summed E-state index contributed by atoms with van der Waals surface area (Å²) in [6.07, 6.45) is 7.15. The summed E-state index contributed by atoms with van der Waals surface area (Å²) in [5, 5.41) is 13.7. The first-order chi connectivity index (χ1) is 12.1. The number of benzene rings is 1. The number of carbonyl (C=O) groups is 1. The number of hydrogen-bond donors (Lipinski definition) is 2. The molecule has 5 heteroatoms. The second-order valence-electron chi connectivity index (χ2n) is 8.17. The van der Waals surface area contributed by atoms with Gasteiger partial charge in [0, 0.05) is 29.7 Å². The summed E-state index contributed by atoms with van der Waals surface area (Å²) in [5.74, 6) is 0.712. The lowest BCUT2D eigenvalue weighted by Crippen LogP contribution is -2.57. The number of nitrogens with zero attached hydrogens (tertiary/aromatic N) is 1. The molecule has 4 rings (SSSR count). The molecule has 0 bridgehead atoms. The Morgan fingerprint density at radius 3 is 2.36 bits per heavy atom. The van der Waals surface area contributed by atoms with E-state index in [-0.39, 0.29) is 6.54 Å². The number of carboxylic acids is 1. The molecule has 1 aromatic rings. The van der Waals surface area contributed by atoms with Crippen molar-refractivity contribution in [2.45, 2.75) is 62.6 Å². The molecule has 0 radical (unpaired) electrons. The van der Waals surface area contributed by atoms with Gasteiger partial charge in [0.2, 0.25) is 0 Å². The van der Waals surface area contributed by atoms with Crippen LogP contribution in [0.4, 0.5) is 0 Å². The van der Waals surface area contributed by atoms with Crippen LogP contribution in [0.2, 0.25) is 5.02 Å². The predicted molar refractivity (Wildman–Crippen MR) is 99.1 cm³/mol. The van der Waals surface area contributed by atoms with Gasteiger partial charge in [-0.15, -0.1) is 0 Å². The monoisotopic (exact) mass is 362 g/mol. The van der Waals surface area contributed by atoms with Gasteiger partial charge in [0.25, 0.3) is 0 Å². The smallest absolute Gasteiger partial charge is 0.317 e. The SMILES string of the molecule is O=C(O)CN(CC1CC1)C1CC(NC2CC(c3ccc(Cl)cc3)C2)C1. The standard InChI is InChI=1S/C20H27ClN2O2/c21-16-5-3-14(4-6-16)15-7-17(8-15)22-18-9-19(10-18)23(12-20(24)25)11-13-1-2-13/h3-6,13,15,17-19,22H,1-2,7-12H2,(H,24,25). The van der Waals surface area contributed by atoms with Crippen LogP contribution in [0.25, 0.3) is 0 Å². The maximum absolute atomic E-state index is 11.1. The van der Waals surface area contributed by atoms with Crippen molar-refractivity contribution in [1.29, 1.82) is 0 Å². The second-order valence-corrected chi connectivity index (χ2v) is 8.61. The number of nitrogens with one attached hydrogen (secondary N) is 1. The molecule has 0 aliphatic heterocycles. The number of halogens is 1. The zero-order chi connectivity index (χ0) is 17.4. The Labute approximate surface area is 154 Å². The van der Waals surface area contributed by atoms with Gasteiger partial charge in [-0.3, -0.25) is 9.69 Å². The van der Waals surface area contributed by atoms with Crippen LogP contribution in [0.1, 0.15) is 50.0 Å². The summed E-state index contributed by atoms with van der Waals surface area (Å²) < 4.78 is 0. The van der Waals surface area contributed by atoms with Crippen LogP contribution in [-0.2, 0) is 4.79 Å². The van der Waals surface area contributed by atoms with Crippen LogP contribution in [0, 0.1) is 5.92 Å². The Bertz CT molecular complexity index is 605. The zero-order valence-corrected chi connectivity index (χ0v) is 15.3. The first kappa shape index (κ1) is 17.3. The molecule has 0 unspecified atom stereocenters. The summed E-state index contributed by atoms with van der Waals surface area (Å²) in [4.78, 5) is 13.3. The molecule has 3 aliphatic rings. The van der Waals surface area contributed by atoms with Crippen LogP contribution in [0.15, 0.2) is 24.3 Å². The van der Waals surface area contributed by atoms with Crippen molar-refractivity contribution in [2.24, 2.45) is 5.92 Å². The average molecular weight is 363 g/mol. The summed E-state index contributed by atoms with van der Waals surface area (Å²) >= 11 is 5.95. The number of hydrogen-bond acceptors (Lipinski definition) is 3. The third kappa shape index (κ3) is 4.36. The van der Waals surface area contributed by atoms with E-state index < -0.39 is 5.97 Å². The Balaban J connectivity index is 1.18. The van der Waals surface area contributed by atoms with Crippen LogP contribution in [-0.4, -0.2) is 47.2 Å². The van der Waals surface area contributed by atoms with Gasteiger partial charge in [-0.2, -0.15) is 0 Å². The van der Waals surface area contributed by atoms with Gasteiger partial charge in [-0.05, 0) is 68.1 Å². The van der Waals surface area contributed by atoms with E-state index in [9.17, 15) is 4.79 Å². The van der Waals surface area contributed by atoms with Crippen molar-refractivity contribution >= 4 is 17.6 Å².